The molecule has 0 aromatic rings. The highest BCUT2D eigenvalue weighted by Crippen LogP contribution is 1.92. The quantitative estimate of drug-likeness (QED) is 0.551. The zero-order valence-electron chi connectivity index (χ0n) is 7.76. The van der Waals surface area contributed by atoms with Crippen LogP contribution in [0.15, 0.2) is 12.7 Å². The maximum atomic E-state index is 11.1. The number of hydrogen-bond donors (Lipinski definition) is 2. The predicted molar refractivity (Wildman–Crippen MR) is 50.4 cm³/mol. The Morgan fingerprint density at radius 2 is 2.29 bits per heavy atom. The third kappa shape index (κ3) is 4.95. The van der Waals surface area contributed by atoms with Crippen molar-refractivity contribution in [2.45, 2.75) is 6.04 Å². The van der Waals surface area contributed by atoms with Crippen molar-refractivity contribution < 1.29 is 23.1 Å². The fourth-order valence-corrected chi connectivity index (χ4v) is 1.75. The first kappa shape index (κ1) is 13.1. The summed E-state index contributed by atoms with van der Waals surface area (Å²) in [5, 5.41) is 8.60. The van der Waals surface area contributed by atoms with Crippen molar-refractivity contribution >= 4 is 16.0 Å². The number of ether oxygens (including phenoxy) is 1. The van der Waals surface area contributed by atoms with Crippen molar-refractivity contribution in [3.8, 4) is 0 Å². The first-order chi connectivity index (χ1) is 6.43. The Hall–Kier alpha value is -0.920. The molecule has 0 aromatic carbocycles. The molecular weight excluding hydrogens is 210 g/mol. The molecule has 0 saturated heterocycles. The van der Waals surface area contributed by atoms with Crippen molar-refractivity contribution in [2.75, 3.05) is 19.5 Å². The number of carboxylic acid groups (broad SMARTS) is 1. The van der Waals surface area contributed by atoms with E-state index in [1.807, 2.05) is 4.72 Å². The summed E-state index contributed by atoms with van der Waals surface area (Å²) in [6, 6.07) is -1.26. The van der Waals surface area contributed by atoms with Crippen LogP contribution in [0.4, 0.5) is 0 Å². The summed E-state index contributed by atoms with van der Waals surface area (Å²) in [5.74, 6) is -1.60. The summed E-state index contributed by atoms with van der Waals surface area (Å²) < 4.78 is 28.8. The highest BCUT2D eigenvalue weighted by Gasteiger charge is 2.22. The van der Waals surface area contributed by atoms with Crippen molar-refractivity contribution in [1.82, 2.24) is 4.72 Å². The third-order valence-electron chi connectivity index (χ3n) is 1.29. The Morgan fingerprint density at radius 1 is 1.71 bits per heavy atom. The molecule has 6 nitrogen and oxygen atoms in total. The molecule has 2 N–H and O–H groups in total. The molecule has 0 radical (unpaired) electrons. The number of nitrogens with one attached hydrogen (secondary N) is 1. The Kier molecular flexibility index (Phi) is 5.36. The normalized spacial score (nSPS) is 13.5. The van der Waals surface area contributed by atoms with Crippen LogP contribution >= 0.6 is 0 Å². The van der Waals surface area contributed by atoms with Crippen LogP contribution in [0.25, 0.3) is 0 Å². The van der Waals surface area contributed by atoms with Gasteiger partial charge in [0, 0.05) is 7.11 Å². The molecule has 0 aliphatic heterocycles. The Bertz CT molecular complexity index is 297. The Labute approximate surface area is 82.6 Å². The lowest BCUT2D eigenvalue weighted by Gasteiger charge is -2.12. The highest BCUT2D eigenvalue weighted by molar-refractivity contribution is 7.89. The van der Waals surface area contributed by atoms with Gasteiger partial charge in [0.1, 0.15) is 6.04 Å². The van der Waals surface area contributed by atoms with Crippen LogP contribution in [0.1, 0.15) is 0 Å². The fourth-order valence-electron chi connectivity index (χ4n) is 0.742. The molecule has 14 heavy (non-hydrogen) atoms. The van der Waals surface area contributed by atoms with Gasteiger partial charge in [-0.1, -0.05) is 6.08 Å². The van der Waals surface area contributed by atoms with E-state index in [0.29, 0.717) is 0 Å². The minimum Gasteiger partial charge on any atom is -0.480 e. The monoisotopic (exact) mass is 223 g/mol. The van der Waals surface area contributed by atoms with E-state index in [-0.39, 0.29) is 12.4 Å². The number of rotatable bonds is 7. The number of sulfonamides is 1. The number of hydrogen-bond acceptors (Lipinski definition) is 4. The summed E-state index contributed by atoms with van der Waals surface area (Å²) in [7, 11) is -2.34. The second-order valence-corrected chi connectivity index (χ2v) is 4.33. The van der Waals surface area contributed by atoms with Crippen LogP contribution in [0.2, 0.25) is 0 Å². The molecule has 0 amide bonds. The molecule has 0 rings (SSSR count). The first-order valence-corrected chi connectivity index (χ1v) is 5.41. The van der Waals surface area contributed by atoms with Gasteiger partial charge in [0.05, 0.1) is 12.4 Å². The fraction of sp³-hybridized carbons (Fsp3) is 0.571. The van der Waals surface area contributed by atoms with Gasteiger partial charge in [-0.25, -0.2) is 8.42 Å². The molecule has 0 aliphatic carbocycles. The lowest BCUT2D eigenvalue weighted by atomic mass is 10.3. The van der Waals surface area contributed by atoms with Gasteiger partial charge in [0.2, 0.25) is 10.0 Å². The molecule has 0 aromatic heterocycles. The average molecular weight is 223 g/mol. The molecule has 1 unspecified atom stereocenters. The zero-order valence-corrected chi connectivity index (χ0v) is 8.58. The van der Waals surface area contributed by atoms with Gasteiger partial charge in [0.15, 0.2) is 0 Å². The van der Waals surface area contributed by atoms with E-state index in [0.717, 1.165) is 0 Å². The molecular formula is C7H13NO5S. The van der Waals surface area contributed by atoms with Crippen LogP contribution in [0.3, 0.4) is 0 Å². The van der Waals surface area contributed by atoms with Gasteiger partial charge in [-0.15, -0.1) is 6.58 Å². The van der Waals surface area contributed by atoms with E-state index in [1.54, 1.807) is 0 Å². The van der Waals surface area contributed by atoms with E-state index in [9.17, 15) is 13.2 Å². The van der Waals surface area contributed by atoms with E-state index >= 15 is 0 Å². The van der Waals surface area contributed by atoms with Crippen molar-refractivity contribution in [2.24, 2.45) is 0 Å². The molecule has 0 bridgehead atoms. The number of methoxy groups -OCH3 is 1. The molecule has 82 valence electrons. The minimum absolute atomic E-state index is 0.217. The smallest absolute Gasteiger partial charge is 0.324 e. The van der Waals surface area contributed by atoms with Gasteiger partial charge < -0.3 is 9.84 Å². The molecule has 0 saturated carbocycles. The van der Waals surface area contributed by atoms with Crippen molar-refractivity contribution in [3.05, 3.63) is 12.7 Å². The zero-order chi connectivity index (χ0) is 11.2. The maximum Gasteiger partial charge on any atom is 0.324 e. The Morgan fingerprint density at radius 3 is 2.64 bits per heavy atom. The lowest BCUT2D eigenvalue weighted by Crippen LogP contribution is -2.44. The summed E-state index contributed by atoms with van der Waals surface area (Å²) in [6.45, 7) is 3.03. The first-order valence-electron chi connectivity index (χ1n) is 3.75. The van der Waals surface area contributed by atoms with Crippen LogP contribution in [-0.2, 0) is 19.6 Å². The molecule has 0 aliphatic rings. The van der Waals surface area contributed by atoms with E-state index < -0.39 is 22.0 Å². The van der Waals surface area contributed by atoms with Crippen LogP contribution in [0.5, 0.6) is 0 Å². The molecule has 0 heterocycles. The van der Waals surface area contributed by atoms with Gasteiger partial charge in [-0.3, -0.25) is 4.79 Å². The summed E-state index contributed by atoms with van der Waals surface area (Å²) >= 11 is 0. The Balaban J connectivity index is 4.43. The second-order valence-electron chi connectivity index (χ2n) is 2.53. The molecule has 7 heteroatoms. The average Bonchev–Trinajstić information content (AvgIpc) is 2.02. The predicted octanol–water partition coefficient (Wildman–Crippen LogP) is -0.809. The van der Waals surface area contributed by atoms with Gasteiger partial charge in [-0.05, 0) is 0 Å². The number of carbonyl (C=O) groups is 1. The highest BCUT2D eigenvalue weighted by atomic mass is 32.2. The van der Waals surface area contributed by atoms with E-state index in [1.165, 1.54) is 13.2 Å². The molecule has 1 atom stereocenters. The molecule has 0 spiro atoms. The van der Waals surface area contributed by atoms with Crippen LogP contribution < -0.4 is 4.72 Å². The van der Waals surface area contributed by atoms with Gasteiger partial charge in [-0.2, -0.15) is 4.72 Å². The van der Waals surface area contributed by atoms with Crippen molar-refractivity contribution in [3.63, 3.8) is 0 Å². The summed E-state index contributed by atoms with van der Waals surface area (Å²) in [4.78, 5) is 10.5. The van der Waals surface area contributed by atoms with Crippen LogP contribution in [-0.4, -0.2) is 45.0 Å². The third-order valence-corrected chi connectivity index (χ3v) is 2.61. The maximum absolute atomic E-state index is 11.1. The standard InChI is InChI=1S/C7H13NO5S/c1-3-4-14(11,12)8-6(5-13-2)7(9)10/h3,6,8H,1,4-5H2,2H3,(H,9,10). The largest absolute Gasteiger partial charge is 0.480 e. The van der Waals surface area contributed by atoms with E-state index in [4.69, 9.17) is 5.11 Å². The van der Waals surface area contributed by atoms with Gasteiger partial charge in [0.25, 0.3) is 0 Å². The van der Waals surface area contributed by atoms with E-state index in [2.05, 4.69) is 11.3 Å². The minimum atomic E-state index is -3.63. The van der Waals surface area contributed by atoms with Crippen LogP contribution in [0, 0.1) is 0 Å². The lowest BCUT2D eigenvalue weighted by molar-refractivity contribution is -0.140. The summed E-state index contributed by atoms with van der Waals surface area (Å²) in [5.41, 5.74) is 0. The summed E-state index contributed by atoms with van der Waals surface area (Å²) in [6.07, 6.45) is 1.17. The van der Waals surface area contributed by atoms with Gasteiger partial charge >= 0.3 is 5.97 Å². The van der Waals surface area contributed by atoms with Crippen molar-refractivity contribution in [1.29, 1.82) is 0 Å². The number of carboxylic acids is 1. The second kappa shape index (κ2) is 5.74. The topological polar surface area (TPSA) is 92.7 Å². The molecule has 0 fully saturated rings. The SMILES string of the molecule is C=CCS(=O)(=O)NC(COC)C(=O)O. The number of aliphatic carboxylic acids is 1.